The largest absolute Gasteiger partial charge is 0.435 e. The van der Waals surface area contributed by atoms with Crippen molar-refractivity contribution in [2.45, 2.75) is 12.2 Å². The average Bonchev–Trinajstić information content (AvgIpc) is 3.03. The zero-order valence-corrected chi connectivity index (χ0v) is 14.1. The molecule has 1 aliphatic rings. The van der Waals surface area contributed by atoms with Gasteiger partial charge in [-0.2, -0.15) is 23.5 Å². The van der Waals surface area contributed by atoms with Crippen LogP contribution < -0.4 is 9.80 Å². The maximum Gasteiger partial charge on any atom is 0.435 e. The van der Waals surface area contributed by atoms with Crippen LogP contribution in [-0.4, -0.2) is 33.8 Å². The lowest BCUT2D eigenvalue weighted by molar-refractivity contribution is -0.141. The first-order chi connectivity index (χ1) is 13.4. The summed E-state index contributed by atoms with van der Waals surface area (Å²) in [5, 5.41) is 17.4. The number of hydrogen-bond donors (Lipinski definition) is 0. The number of rotatable bonds is 2. The topological polar surface area (TPSA) is 86.0 Å². The summed E-state index contributed by atoms with van der Waals surface area (Å²) in [5.74, 6) is 0. The van der Waals surface area contributed by atoms with E-state index in [4.69, 9.17) is 0 Å². The van der Waals surface area contributed by atoms with E-state index >= 15 is 0 Å². The number of halogens is 3. The average molecular weight is 384 g/mol. The number of nitriles is 1. The first-order valence-corrected chi connectivity index (χ1v) is 8.13. The van der Waals surface area contributed by atoms with Gasteiger partial charge in [0.15, 0.2) is 5.69 Å². The number of benzene rings is 1. The molecule has 0 saturated carbocycles. The van der Waals surface area contributed by atoms with Gasteiger partial charge in [0.2, 0.25) is 0 Å². The molecular weight excluding hydrogens is 373 g/mol. The van der Waals surface area contributed by atoms with Gasteiger partial charge in [-0.25, -0.2) is 4.79 Å². The molecule has 1 saturated heterocycles. The Balaban J connectivity index is 1.78. The van der Waals surface area contributed by atoms with Crippen LogP contribution in [-0.2, 0) is 6.18 Å². The van der Waals surface area contributed by atoms with Crippen molar-refractivity contribution in [2.24, 2.45) is 0 Å². The van der Waals surface area contributed by atoms with Crippen molar-refractivity contribution in [2.75, 3.05) is 16.3 Å². The summed E-state index contributed by atoms with van der Waals surface area (Å²) in [7, 11) is 0. The van der Waals surface area contributed by atoms with Gasteiger partial charge in [0.25, 0.3) is 0 Å². The summed E-state index contributed by atoms with van der Waals surface area (Å²) in [6.07, 6.45) is -0.549. The Kier molecular flexibility index (Phi) is 4.07. The number of amides is 2. The number of pyridine rings is 1. The molecule has 3 aromatic rings. The van der Waals surface area contributed by atoms with Gasteiger partial charge in [-0.3, -0.25) is 14.8 Å². The molecule has 4 rings (SSSR count). The van der Waals surface area contributed by atoms with E-state index in [0.29, 0.717) is 11.1 Å². The van der Waals surface area contributed by atoms with E-state index in [-0.39, 0.29) is 12.2 Å². The van der Waals surface area contributed by atoms with Gasteiger partial charge >= 0.3 is 12.2 Å². The highest BCUT2D eigenvalue weighted by Gasteiger charge is 2.41. The van der Waals surface area contributed by atoms with Gasteiger partial charge in [0.1, 0.15) is 6.04 Å². The first kappa shape index (κ1) is 17.7. The van der Waals surface area contributed by atoms with Gasteiger partial charge in [0, 0.05) is 17.0 Å². The maximum absolute atomic E-state index is 13.0. The Bertz CT molecular complexity index is 1100. The van der Waals surface area contributed by atoms with Crippen molar-refractivity contribution in [3.05, 3.63) is 54.6 Å². The number of anilines is 2. The Labute approximate surface area is 156 Å². The van der Waals surface area contributed by atoms with Gasteiger partial charge in [0.05, 0.1) is 36.4 Å². The number of nitrogens with zero attached hydrogens (tertiary/aromatic N) is 6. The quantitative estimate of drug-likeness (QED) is 0.676. The molecular formula is C18H11F3N6O. The lowest BCUT2D eigenvalue weighted by atomic mass is 10.1. The molecule has 2 amide bonds. The van der Waals surface area contributed by atoms with Crippen molar-refractivity contribution >= 4 is 28.2 Å². The highest BCUT2D eigenvalue weighted by Crippen LogP contribution is 2.34. The summed E-state index contributed by atoms with van der Waals surface area (Å²) >= 11 is 0. The van der Waals surface area contributed by atoms with Gasteiger partial charge < -0.3 is 0 Å². The van der Waals surface area contributed by atoms with E-state index in [1.165, 1.54) is 11.1 Å². The van der Waals surface area contributed by atoms with Crippen LogP contribution >= 0.6 is 0 Å². The van der Waals surface area contributed by atoms with E-state index in [1.807, 2.05) is 18.2 Å². The molecule has 28 heavy (non-hydrogen) atoms. The zero-order chi connectivity index (χ0) is 19.9. The maximum atomic E-state index is 13.0. The summed E-state index contributed by atoms with van der Waals surface area (Å²) in [4.78, 5) is 19.5. The van der Waals surface area contributed by atoms with Crippen molar-refractivity contribution in [1.82, 2.24) is 15.2 Å². The number of aromatic nitrogens is 3. The van der Waals surface area contributed by atoms with E-state index < -0.39 is 23.9 Å². The Morgan fingerprint density at radius 2 is 1.96 bits per heavy atom. The fourth-order valence-electron chi connectivity index (χ4n) is 3.12. The summed E-state index contributed by atoms with van der Waals surface area (Å²) in [6.45, 7) is -0.110. The molecule has 0 bridgehead atoms. The highest BCUT2D eigenvalue weighted by molar-refractivity contribution is 6.11. The highest BCUT2D eigenvalue weighted by atomic mass is 19.4. The van der Waals surface area contributed by atoms with Crippen LogP contribution in [0.4, 0.5) is 29.3 Å². The predicted molar refractivity (Wildman–Crippen MR) is 93.4 cm³/mol. The number of hydrogen-bond acceptors (Lipinski definition) is 5. The second-order valence-corrected chi connectivity index (χ2v) is 6.08. The van der Waals surface area contributed by atoms with Crippen molar-refractivity contribution < 1.29 is 18.0 Å². The summed E-state index contributed by atoms with van der Waals surface area (Å²) < 4.78 is 38.8. The molecule has 1 aliphatic heterocycles. The van der Waals surface area contributed by atoms with Crippen LogP contribution in [0.5, 0.6) is 0 Å². The molecule has 3 heterocycles. The Hall–Kier alpha value is -3.74. The minimum Gasteiger partial charge on any atom is -0.289 e. The van der Waals surface area contributed by atoms with E-state index in [9.17, 15) is 23.2 Å². The van der Waals surface area contributed by atoms with E-state index in [0.717, 1.165) is 22.5 Å². The molecule has 0 spiro atoms. The Morgan fingerprint density at radius 3 is 2.71 bits per heavy atom. The number of carbonyl (C=O) groups excluding carboxylic acids is 1. The summed E-state index contributed by atoms with van der Waals surface area (Å²) in [6, 6.07) is 8.43. The third-order valence-electron chi connectivity index (χ3n) is 4.40. The summed E-state index contributed by atoms with van der Waals surface area (Å²) in [5.41, 5.74) is -0.880. The van der Waals surface area contributed by atoms with Gasteiger partial charge in [-0.1, -0.05) is 24.3 Å². The van der Waals surface area contributed by atoms with Crippen molar-refractivity contribution in [3.63, 3.8) is 0 Å². The van der Waals surface area contributed by atoms with E-state index in [2.05, 4.69) is 15.2 Å². The SMILES string of the molecule is N#C[C@H]1CN(c2cnnc(C(F)(F)F)c2)C(=O)N1c1cncc2ccccc12. The molecule has 1 fully saturated rings. The monoisotopic (exact) mass is 384 g/mol. The number of urea groups is 1. The molecule has 0 unspecified atom stereocenters. The molecule has 0 radical (unpaired) electrons. The molecule has 0 N–H and O–H groups in total. The fraction of sp³-hybridized carbons (Fsp3) is 0.167. The molecule has 1 atom stereocenters. The number of fused-ring (bicyclic) bond motifs is 1. The van der Waals surface area contributed by atoms with Crippen LogP contribution in [0.2, 0.25) is 0 Å². The van der Waals surface area contributed by atoms with Crippen LogP contribution in [0.15, 0.2) is 48.9 Å². The predicted octanol–water partition coefficient (Wildman–Crippen LogP) is 3.38. The lowest BCUT2D eigenvalue weighted by Gasteiger charge is -2.21. The first-order valence-electron chi connectivity index (χ1n) is 8.13. The third kappa shape index (κ3) is 2.87. The fourth-order valence-corrected chi connectivity index (χ4v) is 3.12. The van der Waals surface area contributed by atoms with Crippen LogP contribution in [0.3, 0.4) is 0 Å². The second kappa shape index (κ2) is 6.45. The van der Waals surface area contributed by atoms with E-state index in [1.54, 1.807) is 18.3 Å². The molecule has 1 aromatic carbocycles. The smallest absolute Gasteiger partial charge is 0.289 e. The van der Waals surface area contributed by atoms with Crippen LogP contribution in [0.1, 0.15) is 5.69 Å². The third-order valence-corrected chi connectivity index (χ3v) is 4.40. The minimum atomic E-state index is -4.69. The number of alkyl halides is 3. The Morgan fingerprint density at radius 1 is 1.18 bits per heavy atom. The molecule has 7 nitrogen and oxygen atoms in total. The van der Waals surface area contributed by atoms with Gasteiger partial charge in [-0.15, -0.1) is 5.10 Å². The number of carbonyl (C=O) groups is 1. The van der Waals surface area contributed by atoms with Gasteiger partial charge in [-0.05, 0) is 6.07 Å². The molecule has 2 aromatic heterocycles. The normalized spacial score (nSPS) is 17.2. The van der Waals surface area contributed by atoms with Crippen molar-refractivity contribution in [1.29, 1.82) is 5.26 Å². The van der Waals surface area contributed by atoms with Crippen LogP contribution in [0.25, 0.3) is 10.8 Å². The van der Waals surface area contributed by atoms with Crippen molar-refractivity contribution in [3.8, 4) is 6.07 Å². The minimum absolute atomic E-state index is 0.0803. The van der Waals surface area contributed by atoms with Crippen LogP contribution in [0, 0.1) is 11.3 Å². The standard InChI is InChI=1S/C18H11F3N6O/c19-18(20,21)16-5-12(8-24-25-16)26-10-13(6-22)27(17(26)28)15-9-23-7-11-3-1-2-4-14(11)15/h1-5,7-9,13H,10H2/t13-/m0/s1. The molecule has 140 valence electrons. The lowest BCUT2D eigenvalue weighted by Crippen LogP contribution is -2.34. The zero-order valence-electron chi connectivity index (χ0n) is 14.1. The molecule has 0 aliphatic carbocycles. The second-order valence-electron chi connectivity index (χ2n) is 6.08. The molecule has 10 heteroatoms.